The summed E-state index contributed by atoms with van der Waals surface area (Å²) in [6, 6.07) is 11.2. The Bertz CT molecular complexity index is 700. The first-order chi connectivity index (χ1) is 11.7. The van der Waals surface area contributed by atoms with Crippen LogP contribution in [-0.4, -0.2) is 41.6 Å². The molecule has 5 nitrogen and oxygen atoms in total. The third-order valence-electron chi connectivity index (χ3n) is 4.02. The first-order valence-electron chi connectivity index (χ1n) is 8.27. The van der Waals surface area contributed by atoms with Crippen LogP contribution in [0.1, 0.15) is 29.3 Å². The van der Waals surface area contributed by atoms with Gasteiger partial charge in [0.1, 0.15) is 11.9 Å². The Labute approximate surface area is 142 Å². The number of para-hydroxylation sites is 1. The van der Waals surface area contributed by atoms with Crippen LogP contribution >= 0.6 is 0 Å². The highest BCUT2D eigenvalue weighted by Gasteiger charge is 2.29. The Balaban J connectivity index is 1.65. The van der Waals surface area contributed by atoms with E-state index in [4.69, 9.17) is 9.47 Å². The summed E-state index contributed by atoms with van der Waals surface area (Å²) < 4.78 is 11.5. The van der Waals surface area contributed by atoms with E-state index in [1.807, 2.05) is 55.1 Å². The van der Waals surface area contributed by atoms with E-state index in [0.717, 1.165) is 12.0 Å². The van der Waals surface area contributed by atoms with Crippen LogP contribution in [0, 0.1) is 6.92 Å². The van der Waals surface area contributed by atoms with Crippen molar-refractivity contribution in [2.75, 3.05) is 19.7 Å². The van der Waals surface area contributed by atoms with Gasteiger partial charge >= 0.3 is 0 Å². The molecule has 1 amide bonds. The van der Waals surface area contributed by atoms with Crippen LogP contribution in [0.15, 0.2) is 42.6 Å². The van der Waals surface area contributed by atoms with Crippen LogP contribution in [0.5, 0.6) is 11.6 Å². The Kier molecular flexibility index (Phi) is 4.99. The molecular weight excluding hydrogens is 304 g/mol. The van der Waals surface area contributed by atoms with E-state index in [-0.39, 0.29) is 12.0 Å². The molecule has 2 aromatic rings. The van der Waals surface area contributed by atoms with Crippen molar-refractivity contribution in [1.82, 2.24) is 9.88 Å². The number of likely N-dealkylation sites (tertiary alicyclic amines) is 1. The van der Waals surface area contributed by atoms with E-state index in [2.05, 4.69) is 4.98 Å². The highest BCUT2D eigenvalue weighted by Crippen LogP contribution is 2.23. The summed E-state index contributed by atoms with van der Waals surface area (Å²) in [6.45, 7) is 5.68. The second-order valence-corrected chi connectivity index (χ2v) is 5.88. The van der Waals surface area contributed by atoms with E-state index in [1.165, 1.54) is 0 Å². The van der Waals surface area contributed by atoms with E-state index in [1.54, 1.807) is 6.20 Å². The number of benzene rings is 1. The van der Waals surface area contributed by atoms with E-state index >= 15 is 0 Å². The van der Waals surface area contributed by atoms with Crippen molar-refractivity contribution < 1.29 is 14.3 Å². The molecule has 0 spiro atoms. The number of hydrogen-bond donors (Lipinski definition) is 0. The number of ether oxygens (including phenoxy) is 2. The van der Waals surface area contributed by atoms with Gasteiger partial charge in [-0.05, 0) is 31.5 Å². The van der Waals surface area contributed by atoms with Gasteiger partial charge < -0.3 is 14.4 Å². The topological polar surface area (TPSA) is 51.7 Å². The first-order valence-corrected chi connectivity index (χ1v) is 8.27. The number of aryl methyl sites for hydroxylation is 1. The molecule has 5 heteroatoms. The molecule has 1 saturated heterocycles. The van der Waals surface area contributed by atoms with Gasteiger partial charge in [-0.1, -0.05) is 18.2 Å². The highest BCUT2D eigenvalue weighted by molar-refractivity contribution is 5.97. The maximum absolute atomic E-state index is 12.8. The first kappa shape index (κ1) is 16.3. The fourth-order valence-corrected chi connectivity index (χ4v) is 2.80. The van der Waals surface area contributed by atoms with Gasteiger partial charge in [-0.3, -0.25) is 4.79 Å². The average molecular weight is 326 g/mol. The fraction of sp³-hybridized carbons (Fsp3) is 0.368. The molecule has 126 valence electrons. The van der Waals surface area contributed by atoms with Gasteiger partial charge in [-0.25, -0.2) is 4.98 Å². The second kappa shape index (κ2) is 7.34. The zero-order valence-electron chi connectivity index (χ0n) is 14.1. The molecule has 1 aromatic heterocycles. The largest absolute Gasteiger partial charge is 0.493 e. The van der Waals surface area contributed by atoms with Gasteiger partial charge in [0.25, 0.3) is 5.91 Å². The molecule has 1 aromatic carbocycles. The van der Waals surface area contributed by atoms with Crippen LogP contribution in [-0.2, 0) is 0 Å². The van der Waals surface area contributed by atoms with Crippen molar-refractivity contribution >= 4 is 5.91 Å². The van der Waals surface area contributed by atoms with Crippen molar-refractivity contribution in [2.24, 2.45) is 0 Å². The van der Waals surface area contributed by atoms with Gasteiger partial charge in [-0.2, -0.15) is 0 Å². The molecule has 24 heavy (non-hydrogen) atoms. The lowest BCUT2D eigenvalue weighted by molar-refractivity contribution is 0.0767. The summed E-state index contributed by atoms with van der Waals surface area (Å²) in [5.74, 6) is 1.23. The molecule has 0 bridgehead atoms. The molecule has 1 aliphatic rings. The zero-order chi connectivity index (χ0) is 16.9. The average Bonchev–Trinajstić information content (AvgIpc) is 3.06. The van der Waals surface area contributed by atoms with Gasteiger partial charge in [0.15, 0.2) is 0 Å². The van der Waals surface area contributed by atoms with Gasteiger partial charge in [0.05, 0.1) is 18.7 Å². The third kappa shape index (κ3) is 3.67. The monoisotopic (exact) mass is 326 g/mol. The highest BCUT2D eigenvalue weighted by atomic mass is 16.5. The number of carbonyl (C=O) groups excluding carboxylic acids is 1. The number of rotatable bonds is 5. The smallest absolute Gasteiger partial charge is 0.257 e. The number of aromatic nitrogens is 1. The number of pyridine rings is 1. The number of hydrogen-bond acceptors (Lipinski definition) is 4. The lowest BCUT2D eigenvalue weighted by atomic mass is 10.2. The molecule has 3 rings (SSSR count). The lowest BCUT2D eigenvalue weighted by Gasteiger charge is -2.18. The fourth-order valence-electron chi connectivity index (χ4n) is 2.80. The Morgan fingerprint density at radius 1 is 1.29 bits per heavy atom. The van der Waals surface area contributed by atoms with Crippen LogP contribution in [0.2, 0.25) is 0 Å². The normalized spacial score (nSPS) is 16.9. The van der Waals surface area contributed by atoms with Crippen molar-refractivity contribution in [3.63, 3.8) is 0 Å². The molecule has 1 unspecified atom stereocenters. The molecule has 0 aliphatic carbocycles. The molecule has 1 atom stereocenters. The molecular formula is C19H22N2O3. The summed E-state index contributed by atoms with van der Waals surface area (Å²) >= 11 is 0. The standard InChI is InChI=1S/C19H22N2O3/c1-3-23-17-7-5-4-6-16(17)19(22)21-11-10-15(13-21)24-18-9-8-14(2)12-20-18/h4-9,12,15H,3,10-11,13H2,1-2H3. The van der Waals surface area contributed by atoms with Crippen LogP contribution in [0.25, 0.3) is 0 Å². The van der Waals surface area contributed by atoms with Gasteiger partial charge in [0.2, 0.25) is 5.88 Å². The molecule has 2 heterocycles. The van der Waals surface area contributed by atoms with E-state index in [0.29, 0.717) is 36.9 Å². The predicted octanol–water partition coefficient (Wildman–Crippen LogP) is 3.08. The molecule has 0 saturated carbocycles. The van der Waals surface area contributed by atoms with Crippen LogP contribution < -0.4 is 9.47 Å². The number of nitrogens with zero attached hydrogens (tertiary/aromatic N) is 2. The van der Waals surface area contributed by atoms with Crippen molar-refractivity contribution in [3.8, 4) is 11.6 Å². The minimum Gasteiger partial charge on any atom is -0.493 e. The molecule has 0 N–H and O–H groups in total. The van der Waals surface area contributed by atoms with Crippen LogP contribution in [0.3, 0.4) is 0 Å². The molecule has 0 radical (unpaired) electrons. The predicted molar refractivity (Wildman–Crippen MR) is 91.5 cm³/mol. The van der Waals surface area contributed by atoms with Crippen LogP contribution in [0.4, 0.5) is 0 Å². The number of carbonyl (C=O) groups is 1. The van der Waals surface area contributed by atoms with E-state index < -0.39 is 0 Å². The summed E-state index contributed by atoms with van der Waals surface area (Å²) in [6.07, 6.45) is 2.56. The Hall–Kier alpha value is -2.56. The molecule has 1 aliphatic heterocycles. The summed E-state index contributed by atoms with van der Waals surface area (Å²) in [7, 11) is 0. The second-order valence-electron chi connectivity index (χ2n) is 5.88. The van der Waals surface area contributed by atoms with Crippen molar-refractivity contribution in [3.05, 3.63) is 53.7 Å². The lowest BCUT2D eigenvalue weighted by Crippen LogP contribution is -2.31. The third-order valence-corrected chi connectivity index (χ3v) is 4.02. The van der Waals surface area contributed by atoms with Crippen molar-refractivity contribution in [1.29, 1.82) is 0 Å². The Morgan fingerprint density at radius 3 is 2.88 bits per heavy atom. The van der Waals surface area contributed by atoms with E-state index in [9.17, 15) is 4.79 Å². The van der Waals surface area contributed by atoms with Crippen molar-refractivity contribution in [2.45, 2.75) is 26.4 Å². The summed E-state index contributed by atoms with van der Waals surface area (Å²) in [4.78, 5) is 18.8. The summed E-state index contributed by atoms with van der Waals surface area (Å²) in [5.41, 5.74) is 1.70. The molecule has 1 fully saturated rings. The SMILES string of the molecule is CCOc1ccccc1C(=O)N1CCC(Oc2ccc(C)cn2)C1. The number of amides is 1. The maximum Gasteiger partial charge on any atom is 0.257 e. The Morgan fingerprint density at radius 2 is 2.12 bits per heavy atom. The minimum atomic E-state index is -0.0246. The maximum atomic E-state index is 12.8. The minimum absolute atomic E-state index is 0.0120. The van der Waals surface area contributed by atoms with Gasteiger partial charge in [0, 0.05) is 25.2 Å². The zero-order valence-corrected chi connectivity index (χ0v) is 14.1. The summed E-state index contributed by atoms with van der Waals surface area (Å²) in [5, 5.41) is 0. The van der Waals surface area contributed by atoms with Gasteiger partial charge in [-0.15, -0.1) is 0 Å². The quantitative estimate of drug-likeness (QED) is 0.847.